The van der Waals surface area contributed by atoms with Crippen molar-refractivity contribution in [3.63, 3.8) is 0 Å². The van der Waals surface area contributed by atoms with E-state index in [1.165, 1.54) is 6.20 Å². The van der Waals surface area contributed by atoms with Crippen LogP contribution in [0, 0.1) is 0 Å². The molecule has 86 valence electrons. The fraction of sp³-hybridized carbons (Fsp3) is 0.556. The maximum absolute atomic E-state index is 11.7. The van der Waals surface area contributed by atoms with Gasteiger partial charge in [0.1, 0.15) is 10.4 Å². The third-order valence-corrected chi connectivity index (χ3v) is 3.47. The normalized spacial score (nSPS) is 18.2. The molecule has 0 aromatic carbocycles. The van der Waals surface area contributed by atoms with Gasteiger partial charge in [-0.15, -0.1) is 5.10 Å². The van der Waals surface area contributed by atoms with Crippen molar-refractivity contribution in [3.8, 4) is 0 Å². The van der Waals surface area contributed by atoms with Crippen LogP contribution in [0.15, 0.2) is 6.20 Å². The number of hydrogen-bond acceptors (Lipinski definition) is 5. The third-order valence-electron chi connectivity index (χ3n) is 2.80. The minimum atomic E-state index is -1.10. The second-order valence-corrected chi connectivity index (χ2v) is 4.62. The number of nitrogens with zero attached hydrogens (tertiary/aromatic N) is 2. The number of carbonyl (C=O) groups excluding carboxylic acids is 1. The van der Waals surface area contributed by atoms with Gasteiger partial charge in [-0.05, 0) is 24.4 Å². The molecule has 1 fully saturated rings. The number of nitrogens with one attached hydrogen (secondary N) is 1. The van der Waals surface area contributed by atoms with Crippen LogP contribution in [-0.4, -0.2) is 32.1 Å². The summed E-state index contributed by atoms with van der Waals surface area (Å²) in [6, 6.07) is 0. The number of aromatic nitrogens is 2. The molecule has 0 atom stereocenters. The Balaban J connectivity index is 2.13. The topological polar surface area (TPSA) is 92.2 Å². The fourth-order valence-corrected chi connectivity index (χ4v) is 2.33. The van der Waals surface area contributed by atoms with E-state index in [4.69, 9.17) is 5.11 Å². The summed E-state index contributed by atoms with van der Waals surface area (Å²) in [7, 11) is 0. The molecular formula is C9H11N3O3S. The van der Waals surface area contributed by atoms with Crippen molar-refractivity contribution in [1.82, 2.24) is 14.9 Å². The van der Waals surface area contributed by atoms with Gasteiger partial charge in [-0.2, -0.15) is 0 Å². The van der Waals surface area contributed by atoms with E-state index in [0.29, 0.717) is 17.7 Å². The Hall–Kier alpha value is -1.50. The molecule has 0 aliphatic heterocycles. The van der Waals surface area contributed by atoms with Gasteiger partial charge in [-0.3, -0.25) is 4.79 Å². The standard InChI is InChI=1S/C9H11N3O3S/c13-7(6-5-10-12-16-6)11-9(8(14)15)3-1-2-4-9/h5H,1-4H2,(H,11,13)(H,14,15). The van der Waals surface area contributed by atoms with E-state index >= 15 is 0 Å². The molecule has 1 aliphatic rings. The van der Waals surface area contributed by atoms with Crippen molar-refractivity contribution in [1.29, 1.82) is 0 Å². The Morgan fingerprint density at radius 3 is 2.62 bits per heavy atom. The van der Waals surface area contributed by atoms with Crippen LogP contribution in [0.25, 0.3) is 0 Å². The van der Waals surface area contributed by atoms with E-state index < -0.39 is 17.4 Å². The van der Waals surface area contributed by atoms with Crippen LogP contribution in [-0.2, 0) is 4.79 Å². The van der Waals surface area contributed by atoms with Gasteiger partial charge in [0.2, 0.25) is 0 Å². The first kappa shape index (κ1) is 11.0. The van der Waals surface area contributed by atoms with E-state index in [-0.39, 0.29) is 0 Å². The number of aliphatic carboxylic acids is 1. The van der Waals surface area contributed by atoms with Gasteiger partial charge < -0.3 is 10.4 Å². The molecule has 16 heavy (non-hydrogen) atoms. The highest BCUT2D eigenvalue weighted by Gasteiger charge is 2.42. The molecule has 0 radical (unpaired) electrons. The van der Waals surface area contributed by atoms with Crippen LogP contribution in [0.2, 0.25) is 0 Å². The van der Waals surface area contributed by atoms with Gasteiger partial charge in [0.15, 0.2) is 0 Å². The quantitative estimate of drug-likeness (QED) is 0.811. The van der Waals surface area contributed by atoms with Crippen molar-refractivity contribution in [2.75, 3.05) is 0 Å². The molecular weight excluding hydrogens is 230 g/mol. The molecule has 1 saturated carbocycles. The molecule has 6 nitrogen and oxygen atoms in total. The summed E-state index contributed by atoms with van der Waals surface area (Å²) >= 11 is 0.959. The van der Waals surface area contributed by atoms with E-state index in [1.807, 2.05) is 0 Å². The second-order valence-electron chi connectivity index (χ2n) is 3.83. The van der Waals surface area contributed by atoms with E-state index in [0.717, 1.165) is 24.4 Å². The predicted molar refractivity (Wildman–Crippen MR) is 56.2 cm³/mol. The zero-order valence-corrected chi connectivity index (χ0v) is 9.29. The lowest BCUT2D eigenvalue weighted by Crippen LogP contribution is -2.52. The van der Waals surface area contributed by atoms with E-state index in [2.05, 4.69) is 14.9 Å². The fourth-order valence-electron chi connectivity index (χ4n) is 1.92. The largest absolute Gasteiger partial charge is 0.480 e. The van der Waals surface area contributed by atoms with Gasteiger partial charge in [-0.25, -0.2) is 4.79 Å². The first-order chi connectivity index (χ1) is 7.64. The van der Waals surface area contributed by atoms with Gasteiger partial charge in [-0.1, -0.05) is 17.3 Å². The van der Waals surface area contributed by atoms with Gasteiger partial charge in [0, 0.05) is 0 Å². The lowest BCUT2D eigenvalue weighted by atomic mass is 9.98. The molecule has 2 N–H and O–H groups in total. The molecule has 1 amide bonds. The number of carbonyl (C=O) groups is 2. The lowest BCUT2D eigenvalue weighted by molar-refractivity contribution is -0.144. The van der Waals surface area contributed by atoms with Crippen molar-refractivity contribution >= 4 is 23.4 Å². The van der Waals surface area contributed by atoms with Crippen molar-refractivity contribution in [2.24, 2.45) is 0 Å². The predicted octanol–water partition coefficient (Wildman–Crippen LogP) is 0.665. The van der Waals surface area contributed by atoms with Gasteiger partial charge in [0.25, 0.3) is 5.91 Å². The van der Waals surface area contributed by atoms with Crippen LogP contribution in [0.5, 0.6) is 0 Å². The molecule has 0 spiro atoms. The molecule has 2 rings (SSSR count). The molecule has 0 saturated heterocycles. The SMILES string of the molecule is O=C(NC1(C(=O)O)CCCC1)c1cnns1. The number of hydrogen-bond donors (Lipinski definition) is 2. The Kier molecular flexibility index (Phi) is 2.86. The van der Waals surface area contributed by atoms with Crippen LogP contribution < -0.4 is 5.32 Å². The molecule has 0 bridgehead atoms. The Morgan fingerprint density at radius 1 is 1.44 bits per heavy atom. The molecule has 1 aliphatic carbocycles. The second kappa shape index (κ2) is 4.17. The molecule has 1 heterocycles. The van der Waals surface area contributed by atoms with Crippen molar-refractivity contribution < 1.29 is 14.7 Å². The number of carboxylic acid groups (broad SMARTS) is 1. The summed E-state index contributed by atoms with van der Waals surface area (Å²) in [5, 5.41) is 15.3. The van der Waals surface area contributed by atoms with E-state index in [1.54, 1.807) is 0 Å². The van der Waals surface area contributed by atoms with Crippen molar-refractivity contribution in [2.45, 2.75) is 31.2 Å². The first-order valence-corrected chi connectivity index (χ1v) is 5.75. The summed E-state index contributed by atoms with van der Waals surface area (Å²) in [6.07, 6.45) is 3.96. The summed E-state index contributed by atoms with van der Waals surface area (Å²) in [5.74, 6) is -1.37. The summed E-state index contributed by atoms with van der Waals surface area (Å²) in [4.78, 5) is 23.3. The van der Waals surface area contributed by atoms with Gasteiger partial charge >= 0.3 is 5.97 Å². The lowest BCUT2D eigenvalue weighted by Gasteiger charge is -2.24. The van der Waals surface area contributed by atoms with Crippen molar-refractivity contribution in [3.05, 3.63) is 11.1 Å². The Morgan fingerprint density at radius 2 is 2.12 bits per heavy atom. The van der Waals surface area contributed by atoms with Crippen LogP contribution in [0.4, 0.5) is 0 Å². The zero-order chi connectivity index (χ0) is 11.6. The molecule has 1 aromatic heterocycles. The highest BCUT2D eigenvalue weighted by molar-refractivity contribution is 7.07. The summed E-state index contributed by atoms with van der Waals surface area (Å²) in [5.41, 5.74) is -1.10. The monoisotopic (exact) mass is 241 g/mol. The molecule has 7 heteroatoms. The summed E-state index contributed by atoms with van der Waals surface area (Å²) < 4.78 is 3.57. The average molecular weight is 241 g/mol. The minimum Gasteiger partial charge on any atom is -0.480 e. The number of amides is 1. The molecule has 1 aromatic rings. The number of rotatable bonds is 3. The van der Waals surface area contributed by atoms with Crippen LogP contribution in [0.3, 0.4) is 0 Å². The Bertz CT molecular complexity index is 398. The smallest absolute Gasteiger partial charge is 0.329 e. The van der Waals surface area contributed by atoms with Gasteiger partial charge in [0.05, 0.1) is 6.20 Å². The van der Waals surface area contributed by atoms with Crippen LogP contribution >= 0.6 is 11.5 Å². The minimum absolute atomic E-state index is 0.340. The highest BCUT2D eigenvalue weighted by atomic mass is 32.1. The maximum Gasteiger partial charge on any atom is 0.329 e. The highest BCUT2D eigenvalue weighted by Crippen LogP contribution is 2.30. The van der Waals surface area contributed by atoms with Crippen LogP contribution in [0.1, 0.15) is 35.4 Å². The maximum atomic E-state index is 11.7. The third kappa shape index (κ3) is 1.90. The Labute approximate surface area is 95.8 Å². The zero-order valence-electron chi connectivity index (χ0n) is 8.47. The molecule has 0 unspecified atom stereocenters. The summed E-state index contributed by atoms with van der Waals surface area (Å²) in [6.45, 7) is 0. The first-order valence-electron chi connectivity index (χ1n) is 4.97. The number of carboxylic acids is 1. The average Bonchev–Trinajstić information content (AvgIpc) is 2.88. The van der Waals surface area contributed by atoms with E-state index in [9.17, 15) is 9.59 Å².